The molecule has 4 aromatic rings. The molecule has 4 rings (SSSR count). The maximum Gasteiger partial charge on any atom is 0.119 e. The van der Waals surface area contributed by atoms with Crippen LogP contribution < -0.4 is 10.1 Å². The predicted molar refractivity (Wildman–Crippen MR) is 130 cm³/mol. The highest BCUT2D eigenvalue weighted by Gasteiger charge is 2.06. The van der Waals surface area contributed by atoms with Crippen LogP contribution in [0.2, 0.25) is 10.0 Å². The Morgan fingerprint density at radius 3 is 2.52 bits per heavy atom. The van der Waals surface area contributed by atoms with Gasteiger partial charge in [-0.1, -0.05) is 59.6 Å². The fourth-order valence-corrected chi connectivity index (χ4v) is 4.52. The first kappa shape index (κ1) is 21.8. The molecule has 0 aliphatic rings. The van der Waals surface area contributed by atoms with Crippen molar-refractivity contribution in [3.63, 3.8) is 0 Å². The Labute approximate surface area is 196 Å². The van der Waals surface area contributed by atoms with E-state index in [4.69, 9.17) is 27.9 Å². The van der Waals surface area contributed by atoms with Gasteiger partial charge < -0.3 is 10.1 Å². The van der Waals surface area contributed by atoms with Crippen LogP contribution in [0.5, 0.6) is 5.75 Å². The van der Waals surface area contributed by atoms with Crippen LogP contribution in [0.1, 0.15) is 16.1 Å². The summed E-state index contributed by atoms with van der Waals surface area (Å²) in [5.74, 6) is 0.861. The normalized spacial score (nSPS) is 10.9. The van der Waals surface area contributed by atoms with Gasteiger partial charge in [-0.05, 0) is 66.1 Å². The molecule has 3 aromatic carbocycles. The molecule has 1 N–H and O–H groups in total. The number of hydrogen-bond donors (Lipinski definition) is 1. The van der Waals surface area contributed by atoms with E-state index >= 15 is 0 Å². The van der Waals surface area contributed by atoms with E-state index < -0.39 is 0 Å². The smallest absolute Gasteiger partial charge is 0.119 e. The number of aromatic nitrogens is 1. The van der Waals surface area contributed by atoms with Gasteiger partial charge in [-0.2, -0.15) is 0 Å². The van der Waals surface area contributed by atoms with Gasteiger partial charge in [0, 0.05) is 22.8 Å². The first-order valence-electron chi connectivity index (χ1n) is 10.0. The van der Waals surface area contributed by atoms with Crippen molar-refractivity contribution < 1.29 is 4.74 Å². The largest absolute Gasteiger partial charge is 0.489 e. The molecule has 31 heavy (non-hydrogen) atoms. The molecule has 0 atom stereocenters. The monoisotopic (exact) mass is 468 g/mol. The standard InChI is InChI=1S/C25H22Cl2N2OS/c26-21-9-6-19(23(27)14-21)12-13-28-16-25-29-15-24(31-25)20-7-10-22(11-8-20)30-17-18-4-2-1-3-5-18/h1-11,14-15,28H,12-13,16-17H2. The highest BCUT2D eigenvalue weighted by molar-refractivity contribution is 7.15. The van der Waals surface area contributed by atoms with Gasteiger partial charge in [0.25, 0.3) is 0 Å². The summed E-state index contributed by atoms with van der Waals surface area (Å²) in [5.41, 5.74) is 3.39. The second-order valence-electron chi connectivity index (χ2n) is 7.08. The zero-order valence-electron chi connectivity index (χ0n) is 16.9. The lowest BCUT2D eigenvalue weighted by Gasteiger charge is -2.07. The fraction of sp³-hybridized carbons (Fsp3) is 0.160. The predicted octanol–water partition coefficient (Wildman–Crippen LogP) is 7.03. The summed E-state index contributed by atoms with van der Waals surface area (Å²) < 4.78 is 5.87. The zero-order valence-corrected chi connectivity index (χ0v) is 19.2. The zero-order chi connectivity index (χ0) is 21.5. The van der Waals surface area contributed by atoms with Crippen molar-refractivity contribution in [1.82, 2.24) is 10.3 Å². The van der Waals surface area contributed by atoms with Crippen LogP contribution in [0.15, 0.2) is 79.0 Å². The van der Waals surface area contributed by atoms with E-state index in [1.807, 2.05) is 48.7 Å². The molecule has 0 radical (unpaired) electrons. The summed E-state index contributed by atoms with van der Waals surface area (Å²) in [7, 11) is 0. The van der Waals surface area contributed by atoms with Crippen LogP contribution in [-0.2, 0) is 19.6 Å². The van der Waals surface area contributed by atoms with Crippen molar-refractivity contribution in [1.29, 1.82) is 0 Å². The molecule has 3 nitrogen and oxygen atoms in total. The first-order valence-corrected chi connectivity index (χ1v) is 11.6. The molecule has 0 saturated carbocycles. The molecule has 0 amide bonds. The maximum atomic E-state index is 6.23. The molecule has 0 spiro atoms. The summed E-state index contributed by atoms with van der Waals surface area (Å²) >= 11 is 13.9. The van der Waals surface area contributed by atoms with E-state index in [9.17, 15) is 0 Å². The first-order chi connectivity index (χ1) is 15.2. The number of rotatable bonds is 9. The number of hydrogen-bond acceptors (Lipinski definition) is 4. The molecule has 0 aliphatic carbocycles. The average Bonchev–Trinajstić information content (AvgIpc) is 3.26. The second-order valence-corrected chi connectivity index (χ2v) is 9.04. The van der Waals surface area contributed by atoms with Crippen LogP contribution in [0.3, 0.4) is 0 Å². The number of ether oxygens (including phenoxy) is 1. The molecule has 0 saturated heterocycles. The lowest BCUT2D eigenvalue weighted by atomic mass is 10.1. The molecule has 0 aliphatic heterocycles. The van der Waals surface area contributed by atoms with Gasteiger partial charge in [-0.3, -0.25) is 0 Å². The average molecular weight is 469 g/mol. The lowest BCUT2D eigenvalue weighted by molar-refractivity contribution is 0.306. The van der Waals surface area contributed by atoms with E-state index in [1.165, 1.54) is 0 Å². The van der Waals surface area contributed by atoms with Crippen molar-refractivity contribution in [3.8, 4) is 16.2 Å². The summed E-state index contributed by atoms with van der Waals surface area (Å²) in [6.07, 6.45) is 2.77. The number of halogens is 2. The van der Waals surface area contributed by atoms with Crippen LogP contribution in [0.25, 0.3) is 10.4 Å². The minimum atomic E-state index is 0.567. The van der Waals surface area contributed by atoms with Crippen LogP contribution in [-0.4, -0.2) is 11.5 Å². The Bertz CT molecular complexity index is 1110. The van der Waals surface area contributed by atoms with Crippen LogP contribution in [0, 0.1) is 0 Å². The summed E-state index contributed by atoms with van der Waals surface area (Å²) in [6, 6.07) is 24.0. The lowest BCUT2D eigenvalue weighted by Crippen LogP contribution is -2.16. The van der Waals surface area contributed by atoms with Crippen molar-refractivity contribution in [2.45, 2.75) is 19.6 Å². The molecule has 0 bridgehead atoms. The van der Waals surface area contributed by atoms with Crippen molar-refractivity contribution in [3.05, 3.63) is 105 Å². The van der Waals surface area contributed by atoms with Gasteiger partial charge in [0.05, 0.1) is 4.88 Å². The van der Waals surface area contributed by atoms with E-state index in [0.717, 1.165) is 51.8 Å². The van der Waals surface area contributed by atoms with E-state index in [1.54, 1.807) is 17.4 Å². The molecule has 1 aromatic heterocycles. The van der Waals surface area contributed by atoms with Gasteiger partial charge in [0.1, 0.15) is 17.4 Å². The molecular weight excluding hydrogens is 447 g/mol. The number of benzene rings is 3. The van der Waals surface area contributed by atoms with Gasteiger partial charge in [0.2, 0.25) is 0 Å². The quantitative estimate of drug-likeness (QED) is 0.267. The number of nitrogens with one attached hydrogen (secondary N) is 1. The summed E-state index contributed by atoms with van der Waals surface area (Å²) in [4.78, 5) is 5.69. The van der Waals surface area contributed by atoms with E-state index in [-0.39, 0.29) is 0 Å². The van der Waals surface area contributed by atoms with E-state index in [0.29, 0.717) is 16.7 Å². The number of thiazole rings is 1. The van der Waals surface area contributed by atoms with Crippen LogP contribution >= 0.6 is 34.5 Å². The Balaban J connectivity index is 1.26. The third-order valence-electron chi connectivity index (χ3n) is 4.80. The maximum absolute atomic E-state index is 6.23. The SMILES string of the molecule is Clc1ccc(CCNCc2ncc(-c3ccc(OCc4ccccc4)cc3)s2)c(Cl)c1. The second kappa shape index (κ2) is 10.8. The minimum absolute atomic E-state index is 0.567. The highest BCUT2D eigenvalue weighted by Crippen LogP contribution is 2.28. The Morgan fingerprint density at radius 1 is 0.935 bits per heavy atom. The number of nitrogens with zero attached hydrogens (tertiary/aromatic N) is 1. The minimum Gasteiger partial charge on any atom is -0.489 e. The van der Waals surface area contributed by atoms with E-state index in [2.05, 4.69) is 34.6 Å². The Morgan fingerprint density at radius 2 is 1.74 bits per heavy atom. The van der Waals surface area contributed by atoms with Crippen LogP contribution in [0.4, 0.5) is 0 Å². The third kappa shape index (κ3) is 6.31. The van der Waals surface area contributed by atoms with Gasteiger partial charge in [0.15, 0.2) is 0 Å². The topological polar surface area (TPSA) is 34.2 Å². The van der Waals surface area contributed by atoms with Crippen molar-refractivity contribution in [2.24, 2.45) is 0 Å². The summed E-state index contributed by atoms with van der Waals surface area (Å²) in [5, 5.41) is 5.86. The molecule has 0 fully saturated rings. The van der Waals surface area contributed by atoms with Gasteiger partial charge in [-0.25, -0.2) is 4.98 Å². The molecular formula is C25H22Cl2N2OS. The van der Waals surface area contributed by atoms with Crippen molar-refractivity contribution in [2.75, 3.05) is 6.54 Å². The summed E-state index contributed by atoms with van der Waals surface area (Å²) in [6.45, 7) is 2.12. The molecule has 6 heteroatoms. The molecule has 0 unspecified atom stereocenters. The Kier molecular flexibility index (Phi) is 7.60. The van der Waals surface area contributed by atoms with Gasteiger partial charge >= 0.3 is 0 Å². The fourth-order valence-electron chi connectivity index (χ4n) is 3.12. The van der Waals surface area contributed by atoms with Gasteiger partial charge in [-0.15, -0.1) is 11.3 Å². The molecule has 1 heterocycles. The molecule has 158 valence electrons. The third-order valence-corrected chi connectivity index (χ3v) is 6.44. The Hall–Kier alpha value is -2.37. The highest BCUT2D eigenvalue weighted by atomic mass is 35.5. The van der Waals surface area contributed by atoms with Crippen molar-refractivity contribution >= 4 is 34.5 Å².